The van der Waals surface area contributed by atoms with Gasteiger partial charge in [-0.15, -0.1) is 11.8 Å². The molecule has 2 aromatic carbocycles. The Kier molecular flexibility index (Phi) is 4.79. The van der Waals surface area contributed by atoms with Crippen molar-refractivity contribution >= 4 is 11.8 Å². The van der Waals surface area contributed by atoms with Gasteiger partial charge in [0, 0.05) is 10.6 Å². The van der Waals surface area contributed by atoms with Crippen LogP contribution < -0.4 is 0 Å². The van der Waals surface area contributed by atoms with Gasteiger partial charge in [0.1, 0.15) is 5.82 Å². The van der Waals surface area contributed by atoms with Crippen LogP contribution in [0.15, 0.2) is 59.5 Å². The van der Waals surface area contributed by atoms with Crippen LogP contribution in [0, 0.1) is 5.82 Å². The number of rotatable bonds is 5. The Bertz CT molecular complexity index is 470. The van der Waals surface area contributed by atoms with Crippen molar-refractivity contribution in [2.45, 2.75) is 17.4 Å². The molecule has 0 spiro atoms. The molecule has 18 heavy (non-hydrogen) atoms. The van der Waals surface area contributed by atoms with E-state index in [1.807, 2.05) is 18.2 Å². The van der Waals surface area contributed by atoms with Crippen LogP contribution in [-0.2, 0) is 0 Å². The number of hydrogen-bond donors (Lipinski definition) is 1. The first-order valence-electron chi connectivity index (χ1n) is 5.87. The van der Waals surface area contributed by atoms with E-state index in [9.17, 15) is 9.50 Å². The fourth-order valence-corrected chi connectivity index (χ4v) is 2.58. The summed E-state index contributed by atoms with van der Waals surface area (Å²) in [5.41, 5.74) is 0.769. The first kappa shape index (κ1) is 13.1. The van der Waals surface area contributed by atoms with Gasteiger partial charge >= 0.3 is 0 Å². The predicted molar refractivity (Wildman–Crippen MR) is 73.1 cm³/mol. The minimum Gasteiger partial charge on any atom is -0.388 e. The molecule has 0 aliphatic carbocycles. The van der Waals surface area contributed by atoms with Gasteiger partial charge in [-0.25, -0.2) is 4.39 Å². The van der Waals surface area contributed by atoms with Crippen LogP contribution in [0.5, 0.6) is 0 Å². The van der Waals surface area contributed by atoms with E-state index in [1.54, 1.807) is 23.9 Å². The van der Waals surface area contributed by atoms with Gasteiger partial charge in [0.25, 0.3) is 0 Å². The van der Waals surface area contributed by atoms with Gasteiger partial charge in [0.15, 0.2) is 0 Å². The molecule has 0 aliphatic rings. The van der Waals surface area contributed by atoms with Crippen molar-refractivity contribution in [1.82, 2.24) is 0 Å². The molecule has 0 fully saturated rings. The zero-order valence-electron chi connectivity index (χ0n) is 9.92. The second-order valence-electron chi connectivity index (χ2n) is 4.02. The fourth-order valence-electron chi connectivity index (χ4n) is 1.66. The number of hydrogen-bond acceptors (Lipinski definition) is 2. The second kappa shape index (κ2) is 6.57. The minimum atomic E-state index is -0.526. The summed E-state index contributed by atoms with van der Waals surface area (Å²) in [5.74, 6) is 0.562. The lowest BCUT2D eigenvalue weighted by Crippen LogP contribution is -1.98. The van der Waals surface area contributed by atoms with Crippen LogP contribution >= 0.6 is 11.8 Å². The maximum Gasteiger partial charge on any atom is 0.123 e. The van der Waals surface area contributed by atoms with Crippen molar-refractivity contribution in [3.8, 4) is 0 Å². The minimum absolute atomic E-state index is 0.274. The largest absolute Gasteiger partial charge is 0.388 e. The highest BCUT2D eigenvalue weighted by molar-refractivity contribution is 7.99. The van der Waals surface area contributed by atoms with E-state index in [0.29, 0.717) is 6.42 Å². The van der Waals surface area contributed by atoms with Crippen LogP contribution in [0.3, 0.4) is 0 Å². The Hall–Kier alpha value is -1.32. The Labute approximate surface area is 111 Å². The molecule has 0 bridgehead atoms. The van der Waals surface area contributed by atoms with E-state index < -0.39 is 6.10 Å². The second-order valence-corrected chi connectivity index (χ2v) is 5.19. The number of aliphatic hydroxyl groups excluding tert-OH is 1. The van der Waals surface area contributed by atoms with Crippen LogP contribution in [-0.4, -0.2) is 10.9 Å². The molecular formula is C15H15FOS. The van der Waals surface area contributed by atoms with Crippen molar-refractivity contribution in [3.63, 3.8) is 0 Å². The lowest BCUT2D eigenvalue weighted by atomic mass is 10.1. The summed E-state index contributed by atoms with van der Waals surface area (Å²) in [7, 11) is 0. The molecule has 0 aromatic heterocycles. The Morgan fingerprint density at radius 2 is 1.67 bits per heavy atom. The molecular weight excluding hydrogens is 247 g/mol. The summed E-state index contributed by atoms with van der Waals surface area (Å²) in [6.45, 7) is 0. The number of aliphatic hydroxyl groups is 1. The normalized spacial score (nSPS) is 12.3. The zero-order valence-corrected chi connectivity index (χ0v) is 10.7. The lowest BCUT2D eigenvalue weighted by Gasteiger charge is -2.10. The summed E-state index contributed by atoms with van der Waals surface area (Å²) in [5, 5.41) is 9.95. The fraction of sp³-hybridized carbons (Fsp3) is 0.200. The monoisotopic (exact) mass is 262 g/mol. The van der Waals surface area contributed by atoms with Crippen LogP contribution in [0.4, 0.5) is 4.39 Å². The van der Waals surface area contributed by atoms with Crippen molar-refractivity contribution in [1.29, 1.82) is 0 Å². The summed E-state index contributed by atoms with van der Waals surface area (Å²) < 4.78 is 12.7. The predicted octanol–water partition coefficient (Wildman–Crippen LogP) is 4.04. The molecule has 94 valence electrons. The third kappa shape index (κ3) is 3.86. The van der Waals surface area contributed by atoms with Crippen molar-refractivity contribution < 1.29 is 9.50 Å². The van der Waals surface area contributed by atoms with Crippen LogP contribution in [0.1, 0.15) is 18.1 Å². The van der Waals surface area contributed by atoms with Gasteiger partial charge in [0.05, 0.1) is 6.10 Å². The Balaban J connectivity index is 1.81. The third-order valence-corrected chi connectivity index (χ3v) is 3.70. The van der Waals surface area contributed by atoms with Crippen LogP contribution in [0.2, 0.25) is 0 Å². The summed E-state index contributed by atoms with van der Waals surface area (Å²) >= 11 is 1.71. The molecule has 0 radical (unpaired) electrons. The van der Waals surface area contributed by atoms with E-state index in [4.69, 9.17) is 0 Å². The Morgan fingerprint density at radius 1 is 1.00 bits per heavy atom. The molecule has 1 atom stereocenters. The van der Waals surface area contributed by atoms with Crippen molar-refractivity contribution in [3.05, 3.63) is 66.0 Å². The van der Waals surface area contributed by atoms with Gasteiger partial charge in [-0.3, -0.25) is 0 Å². The lowest BCUT2D eigenvalue weighted by molar-refractivity contribution is 0.175. The summed E-state index contributed by atoms with van der Waals surface area (Å²) in [6, 6.07) is 16.1. The number of thioether (sulfide) groups is 1. The highest BCUT2D eigenvalue weighted by Crippen LogP contribution is 2.23. The third-order valence-electron chi connectivity index (χ3n) is 2.66. The summed E-state index contributed by atoms with van der Waals surface area (Å²) in [6.07, 6.45) is 0.132. The quantitative estimate of drug-likeness (QED) is 0.821. The molecule has 0 saturated heterocycles. The van der Waals surface area contributed by atoms with E-state index in [-0.39, 0.29) is 5.82 Å². The average molecular weight is 262 g/mol. The summed E-state index contributed by atoms with van der Waals surface area (Å²) in [4.78, 5) is 1.20. The van der Waals surface area contributed by atoms with Gasteiger partial charge in [-0.2, -0.15) is 0 Å². The maximum atomic E-state index is 12.7. The molecule has 1 N–H and O–H groups in total. The van der Waals surface area contributed by atoms with Gasteiger partial charge in [0.2, 0.25) is 0 Å². The van der Waals surface area contributed by atoms with E-state index in [0.717, 1.165) is 11.3 Å². The molecule has 0 aliphatic heterocycles. The number of benzene rings is 2. The zero-order chi connectivity index (χ0) is 12.8. The maximum absolute atomic E-state index is 12.7. The van der Waals surface area contributed by atoms with Gasteiger partial charge in [-0.1, -0.05) is 30.3 Å². The number of halogens is 1. The standard InChI is InChI=1S/C15H15FOS/c16-13-8-6-12(7-9-13)15(17)10-11-18-14-4-2-1-3-5-14/h1-9,15,17H,10-11H2. The topological polar surface area (TPSA) is 20.2 Å². The van der Waals surface area contributed by atoms with E-state index in [1.165, 1.54) is 17.0 Å². The molecule has 3 heteroatoms. The highest BCUT2D eigenvalue weighted by atomic mass is 32.2. The molecule has 0 heterocycles. The smallest absolute Gasteiger partial charge is 0.123 e. The molecule has 0 saturated carbocycles. The van der Waals surface area contributed by atoms with Crippen molar-refractivity contribution in [2.24, 2.45) is 0 Å². The van der Waals surface area contributed by atoms with Gasteiger partial charge in [-0.05, 0) is 36.2 Å². The average Bonchev–Trinajstić information content (AvgIpc) is 2.40. The van der Waals surface area contributed by atoms with Crippen molar-refractivity contribution in [2.75, 3.05) is 5.75 Å². The molecule has 2 aromatic rings. The van der Waals surface area contributed by atoms with E-state index in [2.05, 4.69) is 12.1 Å². The van der Waals surface area contributed by atoms with E-state index >= 15 is 0 Å². The van der Waals surface area contributed by atoms with Crippen LogP contribution in [0.25, 0.3) is 0 Å². The van der Waals surface area contributed by atoms with Gasteiger partial charge < -0.3 is 5.11 Å². The molecule has 2 rings (SSSR count). The Morgan fingerprint density at radius 3 is 2.33 bits per heavy atom. The molecule has 1 unspecified atom stereocenters. The molecule has 0 amide bonds. The molecule has 1 nitrogen and oxygen atoms in total. The highest BCUT2D eigenvalue weighted by Gasteiger charge is 2.07. The first-order chi connectivity index (χ1) is 8.75. The first-order valence-corrected chi connectivity index (χ1v) is 6.85. The SMILES string of the molecule is OC(CCSc1ccccc1)c1ccc(F)cc1.